The van der Waals surface area contributed by atoms with Crippen molar-refractivity contribution in [3.63, 3.8) is 0 Å². The fraction of sp³-hybridized carbons (Fsp3) is 0.889. The topological polar surface area (TPSA) is 121 Å². The van der Waals surface area contributed by atoms with Crippen LogP contribution in [0.25, 0.3) is 0 Å². The van der Waals surface area contributed by atoms with Crippen LogP contribution < -0.4 is 4.72 Å². The molecule has 0 aromatic rings. The molecule has 0 bridgehead atoms. The van der Waals surface area contributed by atoms with E-state index in [0.717, 1.165) is 4.31 Å². The third-order valence-corrected chi connectivity index (χ3v) is 6.09. The summed E-state index contributed by atoms with van der Waals surface area (Å²) in [5.74, 6) is -1.96. The van der Waals surface area contributed by atoms with Crippen LogP contribution in [0.5, 0.6) is 0 Å². The second-order valence-electron chi connectivity index (χ2n) is 4.38. The van der Waals surface area contributed by atoms with E-state index in [4.69, 9.17) is 5.11 Å². The Balaban J connectivity index is 2.93. The second-order valence-corrected chi connectivity index (χ2v) is 8.31. The van der Waals surface area contributed by atoms with Crippen LogP contribution in [-0.4, -0.2) is 62.9 Å². The number of nitrogens with one attached hydrogen (secondary N) is 1. The normalized spacial score (nSPS) is 24.2. The maximum absolute atomic E-state index is 12.0. The maximum atomic E-state index is 12.0. The van der Waals surface area contributed by atoms with Crippen LogP contribution in [0.4, 0.5) is 0 Å². The number of hydrogen-bond donors (Lipinski definition) is 2. The number of carboxylic acid groups (broad SMARTS) is 1. The van der Waals surface area contributed by atoms with Crippen LogP contribution in [0.3, 0.4) is 0 Å². The van der Waals surface area contributed by atoms with Gasteiger partial charge in [0, 0.05) is 13.1 Å². The van der Waals surface area contributed by atoms with E-state index in [9.17, 15) is 21.6 Å². The van der Waals surface area contributed by atoms with Crippen LogP contribution in [0, 0.1) is 0 Å². The Morgan fingerprint density at radius 3 is 2.63 bits per heavy atom. The van der Waals surface area contributed by atoms with Gasteiger partial charge in [0.05, 0.1) is 24.0 Å². The van der Waals surface area contributed by atoms with Crippen molar-refractivity contribution in [3.05, 3.63) is 0 Å². The van der Waals surface area contributed by atoms with Crippen LogP contribution in [-0.2, 0) is 24.8 Å². The molecule has 0 saturated carbocycles. The summed E-state index contributed by atoms with van der Waals surface area (Å²) in [4.78, 5) is 10.7. The molecule has 1 saturated heterocycles. The summed E-state index contributed by atoms with van der Waals surface area (Å²) in [6, 6.07) is -1.05. The molecule has 0 aromatic heterocycles. The molecule has 10 heteroatoms. The molecule has 1 fully saturated rings. The highest BCUT2D eigenvalue weighted by Crippen LogP contribution is 2.18. The maximum Gasteiger partial charge on any atom is 0.305 e. The first kappa shape index (κ1) is 16.3. The van der Waals surface area contributed by atoms with Crippen molar-refractivity contribution in [1.82, 2.24) is 9.03 Å². The standard InChI is InChI=1S/C9H18N2O6S2/c1-2-3-10-19(16,17)11-4-5-18(14,15)7-8(11)6-9(12)13/h8,10H,2-7H2,1H3,(H,12,13). The molecule has 0 aromatic carbocycles. The van der Waals surface area contributed by atoms with Gasteiger partial charge in [0.2, 0.25) is 0 Å². The molecule has 1 heterocycles. The summed E-state index contributed by atoms with van der Waals surface area (Å²) in [6.45, 7) is 1.81. The third-order valence-electron chi connectivity index (χ3n) is 2.73. The van der Waals surface area contributed by atoms with E-state index < -0.39 is 44.2 Å². The Labute approximate surface area is 112 Å². The van der Waals surface area contributed by atoms with Crippen molar-refractivity contribution in [2.45, 2.75) is 25.8 Å². The molecule has 2 N–H and O–H groups in total. The molecule has 1 rings (SSSR count). The molecular weight excluding hydrogens is 296 g/mol. The average molecular weight is 314 g/mol. The zero-order valence-corrected chi connectivity index (χ0v) is 12.2. The number of sulfone groups is 1. The minimum Gasteiger partial charge on any atom is -0.481 e. The predicted molar refractivity (Wildman–Crippen MR) is 68.6 cm³/mol. The van der Waals surface area contributed by atoms with Gasteiger partial charge in [-0.05, 0) is 6.42 Å². The molecule has 0 spiro atoms. The number of carboxylic acids is 1. The lowest BCUT2D eigenvalue weighted by Gasteiger charge is -2.33. The smallest absolute Gasteiger partial charge is 0.305 e. The lowest BCUT2D eigenvalue weighted by Crippen LogP contribution is -2.55. The van der Waals surface area contributed by atoms with Gasteiger partial charge in [0.15, 0.2) is 9.84 Å². The zero-order chi connectivity index (χ0) is 14.7. The molecule has 1 atom stereocenters. The van der Waals surface area contributed by atoms with Gasteiger partial charge < -0.3 is 5.11 Å². The molecular formula is C9H18N2O6S2. The van der Waals surface area contributed by atoms with Crippen LogP contribution in [0.15, 0.2) is 0 Å². The lowest BCUT2D eigenvalue weighted by atomic mass is 10.2. The van der Waals surface area contributed by atoms with E-state index in [1.165, 1.54) is 0 Å². The zero-order valence-electron chi connectivity index (χ0n) is 10.6. The summed E-state index contributed by atoms with van der Waals surface area (Å²) >= 11 is 0. The van der Waals surface area contributed by atoms with Crippen molar-refractivity contribution >= 4 is 26.0 Å². The molecule has 1 unspecified atom stereocenters. The first-order valence-electron chi connectivity index (χ1n) is 5.86. The monoisotopic (exact) mass is 314 g/mol. The number of carbonyl (C=O) groups is 1. The highest BCUT2D eigenvalue weighted by molar-refractivity contribution is 7.92. The number of rotatable bonds is 6. The van der Waals surface area contributed by atoms with E-state index >= 15 is 0 Å². The van der Waals surface area contributed by atoms with E-state index in [1.54, 1.807) is 6.92 Å². The van der Waals surface area contributed by atoms with Crippen molar-refractivity contribution in [2.75, 3.05) is 24.6 Å². The van der Waals surface area contributed by atoms with E-state index in [-0.39, 0.29) is 18.8 Å². The number of nitrogens with zero attached hydrogens (tertiary/aromatic N) is 1. The molecule has 8 nitrogen and oxygen atoms in total. The molecule has 0 radical (unpaired) electrons. The van der Waals surface area contributed by atoms with Gasteiger partial charge in [0.1, 0.15) is 0 Å². The molecule has 112 valence electrons. The van der Waals surface area contributed by atoms with Crippen LogP contribution in [0.2, 0.25) is 0 Å². The number of hydrogen-bond acceptors (Lipinski definition) is 5. The Bertz CT molecular complexity index is 527. The summed E-state index contributed by atoms with van der Waals surface area (Å²) < 4.78 is 50.2. The molecule has 1 aliphatic rings. The first-order chi connectivity index (χ1) is 8.68. The highest BCUT2D eigenvalue weighted by atomic mass is 32.2. The van der Waals surface area contributed by atoms with Crippen molar-refractivity contribution in [2.24, 2.45) is 0 Å². The van der Waals surface area contributed by atoms with Crippen LogP contribution in [0.1, 0.15) is 19.8 Å². The SMILES string of the molecule is CCCNS(=O)(=O)N1CCS(=O)(=O)CC1CC(=O)O. The van der Waals surface area contributed by atoms with Crippen molar-refractivity contribution in [3.8, 4) is 0 Å². The Morgan fingerprint density at radius 2 is 2.11 bits per heavy atom. The van der Waals surface area contributed by atoms with E-state index in [1.807, 2.05) is 0 Å². The molecule has 0 aliphatic carbocycles. The van der Waals surface area contributed by atoms with Gasteiger partial charge in [-0.2, -0.15) is 12.7 Å². The Hall–Kier alpha value is -0.710. The largest absolute Gasteiger partial charge is 0.481 e. The average Bonchev–Trinajstić information content (AvgIpc) is 2.24. The van der Waals surface area contributed by atoms with Crippen molar-refractivity contribution in [1.29, 1.82) is 0 Å². The summed E-state index contributed by atoms with van der Waals surface area (Å²) in [5, 5.41) is 8.76. The summed E-state index contributed by atoms with van der Waals surface area (Å²) in [7, 11) is -7.22. The van der Waals surface area contributed by atoms with E-state index in [0.29, 0.717) is 6.42 Å². The first-order valence-corrected chi connectivity index (χ1v) is 9.13. The van der Waals surface area contributed by atoms with Gasteiger partial charge in [-0.3, -0.25) is 4.79 Å². The van der Waals surface area contributed by atoms with Gasteiger partial charge in [0.25, 0.3) is 10.2 Å². The van der Waals surface area contributed by atoms with Gasteiger partial charge in [-0.15, -0.1) is 0 Å². The van der Waals surface area contributed by atoms with E-state index in [2.05, 4.69) is 4.72 Å². The Kier molecular flexibility index (Phi) is 5.30. The third kappa shape index (κ3) is 4.71. The quantitative estimate of drug-likeness (QED) is 0.635. The van der Waals surface area contributed by atoms with Gasteiger partial charge >= 0.3 is 5.97 Å². The fourth-order valence-corrected chi connectivity index (χ4v) is 5.10. The predicted octanol–water partition coefficient (Wildman–Crippen LogP) is -1.20. The second kappa shape index (κ2) is 6.16. The molecule has 0 amide bonds. The van der Waals surface area contributed by atoms with Crippen molar-refractivity contribution < 1.29 is 26.7 Å². The van der Waals surface area contributed by atoms with Gasteiger partial charge in [-0.25, -0.2) is 13.1 Å². The molecule has 1 aliphatic heterocycles. The lowest BCUT2D eigenvalue weighted by molar-refractivity contribution is -0.137. The minimum absolute atomic E-state index is 0.209. The van der Waals surface area contributed by atoms with Crippen LogP contribution >= 0.6 is 0 Å². The molecule has 19 heavy (non-hydrogen) atoms. The summed E-state index contributed by atoms with van der Waals surface area (Å²) in [5.41, 5.74) is 0. The fourth-order valence-electron chi connectivity index (χ4n) is 1.86. The summed E-state index contributed by atoms with van der Waals surface area (Å²) in [6.07, 6.45) is 0.0707. The van der Waals surface area contributed by atoms with Gasteiger partial charge in [-0.1, -0.05) is 6.92 Å². The number of aliphatic carboxylic acids is 1. The Morgan fingerprint density at radius 1 is 1.47 bits per heavy atom. The minimum atomic E-state index is -3.83. The highest BCUT2D eigenvalue weighted by Gasteiger charge is 2.38.